The van der Waals surface area contributed by atoms with Crippen molar-refractivity contribution in [2.24, 2.45) is 0 Å². The van der Waals surface area contributed by atoms with Crippen molar-refractivity contribution in [3.8, 4) is 17.2 Å². The lowest BCUT2D eigenvalue weighted by molar-refractivity contribution is -0.303. The van der Waals surface area contributed by atoms with E-state index in [9.17, 15) is 46.1 Å². The molecular formula is C44H37F6O13-5. The molecule has 0 aliphatic heterocycles. The van der Waals surface area contributed by atoms with E-state index in [4.69, 9.17) is 45.0 Å². The SMILES string of the molecule is CC(=O)[O-].CC(=O)[O-].CC(=O)[O-].O=C(O)c1cc(C(F)(F)F)ccc1[O-].O=C(O)c1ccc(C(F)(F)F)cc1[O-].Oc1ccccc1.c1ccc2ccccc2c1.c1ccccc1. The summed E-state index contributed by atoms with van der Waals surface area (Å²) < 4.78 is 72.2. The molecule has 0 saturated heterocycles. The number of carbonyl (C=O) groups excluding carboxylic acids is 3. The summed E-state index contributed by atoms with van der Waals surface area (Å²) in [5, 5.41) is 76.3. The molecule has 0 amide bonds. The predicted molar refractivity (Wildman–Crippen MR) is 206 cm³/mol. The first kappa shape index (κ1) is 57.0. The van der Waals surface area contributed by atoms with Crippen LogP contribution in [0.2, 0.25) is 0 Å². The summed E-state index contributed by atoms with van der Waals surface area (Å²) in [5.41, 5.74) is -3.83. The second kappa shape index (κ2) is 30.0. The number of hydrogen-bond acceptors (Lipinski definition) is 11. The second-order valence-corrected chi connectivity index (χ2v) is 11.3. The molecule has 0 aliphatic rings. The molecule has 0 fully saturated rings. The van der Waals surface area contributed by atoms with Crippen molar-refractivity contribution in [3.05, 3.63) is 174 Å². The molecule has 0 saturated carbocycles. The number of para-hydroxylation sites is 1. The van der Waals surface area contributed by atoms with E-state index < -0.39 is 76.0 Å². The molecule has 13 nitrogen and oxygen atoms in total. The van der Waals surface area contributed by atoms with Crippen LogP contribution in [-0.4, -0.2) is 45.2 Å². The Bertz CT molecular complexity index is 2150. The van der Waals surface area contributed by atoms with Gasteiger partial charge in [0.25, 0.3) is 0 Å². The molecule has 6 aromatic carbocycles. The summed E-state index contributed by atoms with van der Waals surface area (Å²) in [6.07, 6.45) is -9.27. The van der Waals surface area contributed by atoms with Crippen LogP contribution in [0, 0.1) is 0 Å². The van der Waals surface area contributed by atoms with Crippen LogP contribution < -0.4 is 25.5 Å². The van der Waals surface area contributed by atoms with Gasteiger partial charge in [-0.1, -0.05) is 133 Å². The van der Waals surface area contributed by atoms with Gasteiger partial charge >= 0.3 is 24.3 Å². The highest BCUT2D eigenvalue weighted by Crippen LogP contribution is 2.32. The number of phenolic OH excluding ortho intramolecular Hbond substituents is 1. The smallest absolute Gasteiger partial charge is 0.416 e. The van der Waals surface area contributed by atoms with Gasteiger partial charge in [-0.15, -0.1) is 0 Å². The molecule has 0 unspecified atom stereocenters. The van der Waals surface area contributed by atoms with E-state index in [1.807, 2.05) is 42.5 Å². The van der Waals surface area contributed by atoms with Gasteiger partial charge in [0.15, 0.2) is 0 Å². The zero-order valence-electron chi connectivity index (χ0n) is 33.1. The Labute approximate surface area is 355 Å². The molecule has 0 atom stereocenters. The topological polar surface area (TPSA) is 261 Å². The van der Waals surface area contributed by atoms with Crippen LogP contribution in [0.3, 0.4) is 0 Å². The molecule has 3 N–H and O–H groups in total. The summed E-state index contributed by atoms with van der Waals surface area (Å²) in [6.45, 7) is 2.92. The minimum Gasteiger partial charge on any atom is -0.872 e. The average Bonchev–Trinajstić information content (AvgIpc) is 3.18. The van der Waals surface area contributed by atoms with E-state index in [1.54, 1.807) is 24.3 Å². The molecular weight excluding hydrogens is 850 g/mol. The summed E-state index contributed by atoms with van der Waals surface area (Å²) in [4.78, 5) is 47.3. The van der Waals surface area contributed by atoms with E-state index in [0.717, 1.165) is 20.8 Å². The third-order valence-electron chi connectivity index (χ3n) is 6.16. The number of rotatable bonds is 2. The van der Waals surface area contributed by atoms with Crippen LogP contribution in [0.25, 0.3) is 10.8 Å². The van der Waals surface area contributed by atoms with Crippen molar-refractivity contribution in [3.63, 3.8) is 0 Å². The van der Waals surface area contributed by atoms with Crippen LogP contribution in [-0.2, 0) is 26.7 Å². The van der Waals surface area contributed by atoms with Gasteiger partial charge in [-0.25, -0.2) is 9.59 Å². The molecule has 0 spiro atoms. The Morgan fingerprint density at radius 2 is 0.714 bits per heavy atom. The van der Waals surface area contributed by atoms with Gasteiger partial charge in [0.05, 0.1) is 22.3 Å². The Morgan fingerprint density at radius 3 is 0.984 bits per heavy atom. The van der Waals surface area contributed by atoms with Crippen LogP contribution >= 0.6 is 0 Å². The van der Waals surface area contributed by atoms with E-state index in [-0.39, 0.29) is 6.07 Å². The van der Waals surface area contributed by atoms with E-state index in [1.165, 1.54) is 10.8 Å². The number of phenols is 1. The standard InChI is InChI=1S/C10H8.2C8H5F3O3.C6H6O.C6H6.3C2H4O2/c1-2-6-10-8-4-3-7-9(10)5-1;9-8(10,11)4-1-2-6(12)5(3-4)7(13)14;9-8(10,11)4-1-2-5(7(13)14)6(12)3-4;7-6-4-2-1-3-5-6;1-2-4-6-5-3-1;3*1-2(3)4/h1-8H;2*1-3,12H,(H,13,14);1-5,7H;1-6H;3*1H3,(H,3,4)/p-5. The number of fused-ring (bicyclic) bond motifs is 1. The van der Waals surface area contributed by atoms with Crippen molar-refractivity contribution in [2.45, 2.75) is 33.1 Å². The maximum atomic E-state index is 12.1. The number of alkyl halides is 6. The predicted octanol–water partition coefficient (Wildman–Crippen LogP) is 5.14. The lowest BCUT2D eigenvalue weighted by atomic mass is 10.1. The van der Waals surface area contributed by atoms with Crippen LogP contribution in [0.5, 0.6) is 17.2 Å². The fourth-order valence-electron chi connectivity index (χ4n) is 3.69. The first-order valence-corrected chi connectivity index (χ1v) is 17.1. The Kier molecular flexibility index (Phi) is 27.2. The normalized spacial score (nSPS) is 9.54. The van der Waals surface area contributed by atoms with Gasteiger partial charge in [0.1, 0.15) is 5.75 Å². The lowest BCUT2D eigenvalue weighted by Gasteiger charge is -2.13. The third kappa shape index (κ3) is 29.7. The van der Waals surface area contributed by atoms with Crippen molar-refractivity contribution < 1.29 is 91.2 Å². The van der Waals surface area contributed by atoms with Gasteiger partial charge in [0, 0.05) is 17.9 Å². The summed E-state index contributed by atoms with van der Waals surface area (Å²) in [6, 6.07) is 40.4. The first-order valence-electron chi connectivity index (χ1n) is 17.1. The Morgan fingerprint density at radius 1 is 0.429 bits per heavy atom. The van der Waals surface area contributed by atoms with Gasteiger partial charge < -0.3 is 55.2 Å². The molecule has 0 bridgehead atoms. The highest BCUT2D eigenvalue weighted by atomic mass is 19.4. The summed E-state index contributed by atoms with van der Waals surface area (Å²) >= 11 is 0. The fourth-order valence-corrected chi connectivity index (χ4v) is 3.69. The number of carboxylic acid groups (broad SMARTS) is 5. The van der Waals surface area contributed by atoms with Crippen molar-refractivity contribution in [1.82, 2.24) is 0 Å². The molecule has 0 heterocycles. The van der Waals surface area contributed by atoms with Crippen LogP contribution in [0.4, 0.5) is 26.3 Å². The number of carboxylic acids is 5. The molecule has 0 aromatic heterocycles. The molecule has 63 heavy (non-hydrogen) atoms. The van der Waals surface area contributed by atoms with Gasteiger partial charge in [0.2, 0.25) is 0 Å². The summed E-state index contributed by atoms with van der Waals surface area (Å²) in [7, 11) is 0. The molecule has 6 aromatic rings. The highest BCUT2D eigenvalue weighted by Gasteiger charge is 2.31. The van der Waals surface area contributed by atoms with Gasteiger partial charge in [-0.3, -0.25) is 0 Å². The van der Waals surface area contributed by atoms with Crippen molar-refractivity contribution >= 4 is 40.6 Å². The lowest BCUT2D eigenvalue weighted by Crippen LogP contribution is -2.16. The molecule has 19 heteroatoms. The van der Waals surface area contributed by atoms with E-state index in [2.05, 4.69) is 48.5 Å². The fraction of sp³-hybridized carbons (Fsp3) is 0.114. The number of halogens is 6. The number of aromatic hydroxyl groups is 1. The largest absolute Gasteiger partial charge is 0.872 e. The van der Waals surface area contributed by atoms with Crippen LogP contribution in [0.1, 0.15) is 52.6 Å². The maximum absolute atomic E-state index is 12.1. The van der Waals surface area contributed by atoms with Crippen molar-refractivity contribution in [2.75, 3.05) is 0 Å². The van der Waals surface area contributed by atoms with Crippen LogP contribution in [0.15, 0.2) is 152 Å². The zero-order chi connectivity index (χ0) is 48.8. The van der Waals surface area contributed by atoms with E-state index in [0.29, 0.717) is 36.1 Å². The number of aliphatic carboxylic acids is 3. The van der Waals surface area contributed by atoms with E-state index >= 15 is 0 Å². The quantitative estimate of drug-likeness (QED) is 0.191. The number of hydrogen-bond donors (Lipinski definition) is 3. The third-order valence-corrected chi connectivity index (χ3v) is 6.16. The van der Waals surface area contributed by atoms with Crippen molar-refractivity contribution in [1.29, 1.82) is 0 Å². The molecule has 6 rings (SSSR count). The molecule has 338 valence electrons. The Hall–Kier alpha value is -8.09. The average molecular weight is 888 g/mol. The first-order chi connectivity index (χ1) is 29.2. The maximum Gasteiger partial charge on any atom is 0.416 e. The van der Waals surface area contributed by atoms with Gasteiger partial charge in [-0.05, 0) is 61.9 Å². The molecule has 0 radical (unpaired) electrons. The Balaban J connectivity index is 0. The minimum absolute atomic E-state index is 0.267. The minimum atomic E-state index is -4.64. The zero-order valence-corrected chi connectivity index (χ0v) is 33.1. The number of benzene rings is 6. The summed E-state index contributed by atoms with van der Waals surface area (Å²) in [5.74, 6) is -8.22. The van der Waals surface area contributed by atoms with Gasteiger partial charge in [-0.2, -0.15) is 26.3 Å². The number of aromatic carboxylic acids is 2. The monoisotopic (exact) mass is 887 g/mol. The molecule has 0 aliphatic carbocycles. The second-order valence-electron chi connectivity index (χ2n) is 11.3. The highest BCUT2D eigenvalue weighted by molar-refractivity contribution is 5.91. The number of carbonyl (C=O) groups is 5.